The van der Waals surface area contributed by atoms with Crippen molar-refractivity contribution in [1.82, 2.24) is 9.97 Å². The lowest BCUT2D eigenvalue weighted by molar-refractivity contribution is 0.0592. The number of esters is 1. The molecule has 0 fully saturated rings. The Morgan fingerprint density at radius 3 is 2.47 bits per heavy atom. The minimum absolute atomic E-state index is 0.00617. The third kappa shape index (κ3) is 4.40. The highest BCUT2D eigenvalue weighted by atomic mass is 16.5. The van der Waals surface area contributed by atoms with Gasteiger partial charge in [-0.3, -0.25) is 4.79 Å². The van der Waals surface area contributed by atoms with Gasteiger partial charge in [0.15, 0.2) is 23.0 Å². The summed E-state index contributed by atoms with van der Waals surface area (Å²) < 4.78 is 20.5. The van der Waals surface area contributed by atoms with E-state index < -0.39 is 5.97 Å². The van der Waals surface area contributed by atoms with E-state index >= 15 is 0 Å². The van der Waals surface area contributed by atoms with Gasteiger partial charge >= 0.3 is 5.97 Å². The lowest BCUT2D eigenvalue weighted by Gasteiger charge is -2.02. The van der Waals surface area contributed by atoms with Crippen molar-refractivity contribution in [2.24, 2.45) is 0 Å². The number of hydrogen-bond acceptors (Lipinski definition) is 9. The van der Waals surface area contributed by atoms with Crippen LogP contribution in [0.1, 0.15) is 49.8 Å². The Hall–Kier alpha value is -3.88. The van der Waals surface area contributed by atoms with Gasteiger partial charge in [0.2, 0.25) is 11.8 Å². The van der Waals surface area contributed by atoms with Crippen molar-refractivity contribution >= 4 is 23.9 Å². The SMILES string of the molecule is COC(=O)c1nc(CC(=O)c2nc(/C=C/c3ccc(OC)c(O)c3)oc2C)oc1C. The molecule has 9 nitrogen and oxygen atoms in total. The van der Waals surface area contributed by atoms with E-state index in [4.69, 9.17) is 13.6 Å². The number of rotatable bonds is 7. The van der Waals surface area contributed by atoms with Crippen LogP contribution in [-0.4, -0.2) is 41.0 Å². The molecule has 0 unspecified atom stereocenters. The monoisotopic (exact) mass is 412 g/mol. The number of aromatic hydroxyl groups is 1. The predicted octanol–water partition coefficient (Wildman–Crippen LogP) is 3.38. The molecule has 0 bridgehead atoms. The molecule has 0 aliphatic rings. The number of phenols is 1. The van der Waals surface area contributed by atoms with Crippen molar-refractivity contribution in [3.05, 3.63) is 58.5 Å². The summed E-state index contributed by atoms with van der Waals surface area (Å²) in [6.07, 6.45) is 3.08. The summed E-state index contributed by atoms with van der Waals surface area (Å²) in [5.41, 5.74) is 0.869. The van der Waals surface area contributed by atoms with Gasteiger partial charge in [-0.2, -0.15) is 0 Å². The fraction of sp³-hybridized carbons (Fsp3) is 0.238. The minimum Gasteiger partial charge on any atom is -0.504 e. The number of ether oxygens (including phenoxy) is 2. The molecular weight excluding hydrogens is 392 g/mol. The Bertz CT molecular complexity index is 1120. The molecule has 0 aliphatic carbocycles. The summed E-state index contributed by atoms with van der Waals surface area (Å²) in [6, 6.07) is 4.91. The number of aryl methyl sites for hydroxylation is 2. The molecule has 0 saturated carbocycles. The zero-order chi connectivity index (χ0) is 21.8. The summed E-state index contributed by atoms with van der Waals surface area (Å²) in [7, 11) is 2.71. The first-order chi connectivity index (χ1) is 14.3. The lowest BCUT2D eigenvalue weighted by atomic mass is 10.2. The zero-order valence-electron chi connectivity index (χ0n) is 16.9. The van der Waals surface area contributed by atoms with Crippen LogP contribution in [0.3, 0.4) is 0 Å². The Balaban J connectivity index is 1.75. The molecule has 30 heavy (non-hydrogen) atoms. The number of benzene rings is 1. The number of aromatic nitrogens is 2. The average molecular weight is 412 g/mol. The van der Waals surface area contributed by atoms with Gasteiger partial charge in [0.1, 0.15) is 17.2 Å². The number of oxazole rings is 2. The largest absolute Gasteiger partial charge is 0.504 e. The third-order valence-electron chi connectivity index (χ3n) is 4.23. The zero-order valence-corrected chi connectivity index (χ0v) is 16.9. The van der Waals surface area contributed by atoms with Crippen molar-refractivity contribution in [3.8, 4) is 11.5 Å². The van der Waals surface area contributed by atoms with E-state index in [9.17, 15) is 14.7 Å². The maximum absolute atomic E-state index is 12.6. The first-order valence-electron chi connectivity index (χ1n) is 8.92. The van der Waals surface area contributed by atoms with E-state index in [1.807, 2.05) is 0 Å². The average Bonchev–Trinajstić information content (AvgIpc) is 3.27. The first-order valence-corrected chi connectivity index (χ1v) is 8.92. The Morgan fingerprint density at radius 1 is 1.07 bits per heavy atom. The van der Waals surface area contributed by atoms with E-state index in [0.717, 1.165) is 0 Å². The highest BCUT2D eigenvalue weighted by Crippen LogP contribution is 2.27. The van der Waals surface area contributed by atoms with Crippen LogP contribution in [0.2, 0.25) is 0 Å². The molecule has 0 spiro atoms. The number of methoxy groups -OCH3 is 2. The number of hydrogen-bond donors (Lipinski definition) is 1. The second kappa shape index (κ2) is 8.64. The van der Waals surface area contributed by atoms with Crippen molar-refractivity contribution in [1.29, 1.82) is 0 Å². The van der Waals surface area contributed by atoms with Crippen molar-refractivity contribution in [3.63, 3.8) is 0 Å². The molecule has 0 atom stereocenters. The Morgan fingerprint density at radius 2 is 1.80 bits per heavy atom. The molecule has 2 aromatic heterocycles. The number of ketones is 1. The van der Waals surface area contributed by atoms with Crippen LogP contribution >= 0.6 is 0 Å². The normalized spacial score (nSPS) is 11.1. The molecule has 0 radical (unpaired) electrons. The van der Waals surface area contributed by atoms with Crippen LogP contribution in [0.4, 0.5) is 0 Å². The second-order valence-corrected chi connectivity index (χ2v) is 6.33. The number of carbonyl (C=O) groups excluding carboxylic acids is 2. The van der Waals surface area contributed by atoms with Gasteiger partial charge in [-0.25, -0.2) is 14.8 Å². The maximum Gasteiger partial charge on any atom is 0.360 e. The highest BCUT2D eigenvalue weighted by Gasteiger charge is 2.22. The second-order valence-electron chi connectivity index (χ2n) is 6.33. The van der Waals surface area contributed by atoms with Gasteiger partial charge in [0.25, 0.3) is 0 Å². The maximum atomic E-state index is 12.6. The number of Topliss-reactive ketones (excluding diaryl/α,β-unsaturated/α-hetero) is 1. The number of nitrogens with zero attached hydrogens (tertiary/aromatic N) is 2. The minimum atomic E-state index is -0.635. The number of carbonyl (C=O) groups is 2. The predicted molar refractivity (Wildman–Crippen MR) is 105 cm³/mol. The molecule has 9 heteroatoms. The van der Waals surface area contributed by atoms with Crippen LogP contribution in [0, 0.1) is 13.8 Å². The summed E-state index contributed by atoms with van der Waals surface area (Å²) in [5, 5.41) is 9.83. The van der Waals surface area contributed by atoms with Gasteiger partial charge in [-0.05, 0) is 37.6 Å². The quantitative estimate of drug-likeness (QED) is 0.459. The van der Waals surface area contributed by atoms with Crippen LogP contribution in [0.5, 0.6) is 11.5 Å². The van der Waals surface area contributed by atoms with Crippen molar-refractivity contribution in [2.75, 3.05) is 14.2 Å². The van der Waals surface area contributed by atoms with Gasteiger partial charge in [-0.15, -0.1) is 0 Å². The summed E-state index contributed by atoms with van der Waals surface area (Å²) in [5.74, 6) is 0.300. The highest BCUT2D eigenvalue weighted by molar-refractivity contribution is 5.96. The van der Waals surface area contributed by atoms with Gasteiger partial charge in [-0.1, -0.05) is 6.07 Å². The Labute approximate surface area is 172 Å². The van der Waals surface area contributed by atoms with E-state index in [1.54, 1.807) is 38.1 Å². The van der Waals surface area contributed by atoms with Crippen molar-refractivity contribution < 1.29 is 33.0 Å². The van der Waals surface area contributed by atoms with Crippen LogP contribution in [0.15, 0.2) is 27.0 Å². The van der Waals surface area contributed by atoms with Gasteiger partial charge in [0, 0.05) is 6.08 Å². The van der Waals surface area contributed by atoms with Crippen LogP contribution in [-0.2, 0) is 11.2 Å². The first kappa shape index (κ1) is 20.8. The van der Waals surface area contributed by atoms with E-state index in [0.29, 0.717) is 17.1 Å². The Kier molecular flexibility index (Phi) is 6.01. The van der Waals surface area contributed by atoms with E-state index in [2.05, 4.69) is 14.7 Å². The van der Waals surface area contributed by atoms with Crippen LogP contribution in [0.25, 0.3) is 12.2 Å². The molecule has 3 aromatic rings. The molecule has 2 heterocycles. The fourth-order valence-corrected chi connectivity index (χ4v) is 2.76. The summed E-state index contributed by atoms with van der Waals surface area (Å²) in [4.78, 5) is 32.4. The van der Waals surface area contributed by atoms with Crippen LogP contribution < -0.4 is 4.74 Å². The fourth-order valence-electron chi connectivity index (χ4n) is 2.76. The summed E-state index contributed by atoms with van der Waals surface area (Å²) in [6.45, 7) is 3.19. The molecule has 0 aliphatic heterocycles. The molecule has 0 amide bonds. The van der Waals surface area contributed by atoms with Crippen molar-refractivity contribution in [2.45, 2.75) is 20.3 Å². The molecule has 1 aromatic carbocycles. The smallest absolute Gasteiger partial charge is 0.360 e. The van der Waals surface area contributed by atoms with Gasteiger partial charge < -0.3 is 23.4 Å². The third-order valence-corrected chi connectivity index (χ3v) is 4.23. The van der Waals surface area contributed by atoms with E-state index in [1.165, 1.54) is 20.3 Å². The standard InChI is InChI=1S/C21H20N2O7/c1-11-19(15(25)10-18-23-20(12(2)30-18)21(26)28-4)22-17(29-11)8-6-13-5-7-16(27-3)14(24)9-13/h5-9,24H,10H2,1-4H3/b8-6+. The molecule has 0 saturated heterocycles. The topological polar surface area (TPSA) is 125 Å². The number of phenolic OH excluding ortho intramolecular Hbond substituents is 1. The van der Waals surface area contributed by atoms with Gasteiger partial charge in [0.05, 0.1) is 20.6 Å². The molecular formula is C21H20N2O7. The molecule has 1 N–H and O–H groups in total. The van der Waals surface area contributed by atoms with E-state index in [-0.39, 0.29) is 46.9 Å². The molecule has 156 valence electrons. The molecule has 3 rings (SSSR count). The summed E-state index contributed by atoms with van der Waals surface area (Å²) >= 11 is 0. The lowest BCUT2D eigenvalue weighted by Crippen LogP contribution is -2.07.